The summed E-state index contributed by atoms with van der Waals surface area (Å²) in [6.45, 7) is -0.378. The monoisotopic (exact) mass is 345 g/mol. The number of rotatable bonds is 7. The van der Waals surface area contributed by atoms with Gasteiger partial charge < -0.3 is 10.1 Å². The number of halogens is 1. The van der Waals surface area contributed by atoms with Crippen LogP contribution >= 0.6 is 11.6 Å². The van der Waals surface area contributed by atoms with Crippen LogP contribution in [0.5, 0.6) is 5.75 Å². The molecule has 6 nitrogen and oxygen atoms in total. The molecule has 0 aromatic heterocycles. The zero-order valence-corrected chi connectivity index (χ0v) is 13.5. The summed E-state index contributed by atoms with van der Waals surface area (Å²) in [5.74, 6) is -0.319. The third kappa shape index (κ3) is 6.50. The molecule has 0 saturated carbocycles. The Morgan fingerprint density at radius 3 is 2.46 bits per heavy atom. The van der Waals surface area contributed by atoms with Crippen LogP contribution in [0.1, 0.15) is 5.56 Å². The molecular weight excluding hydrogens is 330 g/mol. The molecule has 0 spiro atoms. The minimum atomic E-state index is -0.429. The molecule has 124 valence electrons. The third-order valence-corrected chi connectivity index (χ3v) is 3.08. The first kappa shape index (κ1) is 17.5. The molecular formula is C17H16ClN3O3. The first-order valence-electron chi connectivity index (χ1n) is 7.15. The predicted molar refractivity (Wildman–Crippen MR) is 92.1 cm³/mol. The summed E-state index contributed by atoms with van der Waals surface area (Å²) in [6.07, 6.45) is 1.52. The number of nitrogens with one attached hydrogen (secondary N) is 2. The van der Waals surface area contributed by atoms with E-state index in [1.807, 2.05) is 30.3 Å². The Labute approximate surface area is 144 Å². The Kier molecular flexibility index (Phi) is 6.79. The SMILES string of the molecule is O=C(COc1ccc(Cl)cc1)NCC(=O)NN=Cc1ccccc1. The van der Waals surface area contributed by atoms with Gasteiger partial charge in [0.25, 0.3) is 11.8 Å². The molecule has 0 saturated heterocycles. The van der Waals surface area contributed by atoms with Crippen molar-refractivity contribution in [2.75, 3.05) is 13.2 Å². The fourth-order valence-electron chi connectivity index (χ4n) is 1.67. The van der Waals surface area contributed by atoms with E-state index in [0.717, 1.165) is 5.56 Å². The van der Waals surface area contributed by atoms with Gasteiger partial charge in [-0.3, -0.25) is 9.59 Å². The summed E-state index contributed by atoms with van der Waals surface area (Å²) in [6, 6.07) is 15.9. The van der Waals surface area contributed by atoms with Crippen LogP contribution in [0.25, 0.3) is 0 Å². The number of carbonyl (C=O) groups is 2. The first-order valence-corrected chi connectivity index (χ1v) is 7.53. The number of nitrogens with zero attached hydrogens (tertiary/aromatic N) is 1. The summed E-state index contributed by atoms with van der Waals surface area (Å²) < 4.78 is 5.26. The van der Waals surface area contributed by atoms with Crippen molar-refractivity contribution in [2.45, 2.75) is 0 Å². The molecule has 0 aliphatic heterocycles. The fraction of sp³-hybridized carbons (Fsp3) is 0.118. The smallest absolute Gasteiger partial charge is 0.259 e. The molecule has 0 bridgehead atoms. The van der Waals surface area contributed by atoms with Gasteiger partial charge in [0.15, 0.2) is 6.61 Å². The summed E-state index contributed by atoms with van der Waals surface area (Å²) in [5.41, 5.74) is 3.19. The van der Waals surface area contributed by atoms with E-state index in [-0.39, 0.29) is 13.2 Å². The maximum atomic E-state index is 11.6. The zero-order valence-electron chi connectivity index (χ0n) is 12.7. The second-order valence-corrected chi connectivity index (χ2v) is 5.16. The molecule has 2 N–H and O–H groups in total. The number of hydrogen-bond donors (Lipinski definition) is 2. The van der Waals surface area contributed by atoms with E-state index in [0.29, 0.717) is 10.8 Å². The Balaban J connectivity index is 1.65. The van der Waals surface area contributed by atoms with E-state index in [9.17, 15) is 9.59 Å². The summed E-state index contributed by atoms with van der Waals surface area (Å²) in [4.78, 5) is 23.2. The minimum Gasteiger partial charge on any atom is -0.484 e. The number of hydrazone groups is 1. The van der Waals surface area contributed by atoms with Crippen LogP contribution < -0.4 is 15.5 Å². The molecule has 2 aromatic rings. The Morgan fingerprint density at radius 2 is 1.75 bits per heavy atom. The highest BCUT2D eigenvalue weighted by molar-refractivity contribution is 6.30. The van der Waals surface area contributed by atoms with Crippen molar-refractivity contribution in [2.24, 2.45) is 5.10 Å². The average Bonchev–Trinajstić information content (AvgIpc) is 2.60. The molecule has 0 aliphatic carbocycles. The van der Waals surface area contributed by atoms with Gasteiger partial charge in [-0.05, 0) is 29.8 Å². The lowest BCUT2D eigenvalue weighted by Gasteiger charge is -2.07. The van der Waals surface area contributed by atoms with Gasteiger partial charge in [0.1, 0.15) is 5.75 Å². The number of carbonyl (C=O) groups excluding carboxylic acids is 2. The molecule has 0 fully saturated rings. The molecule has 0 unspecified atom stereocenters. The van der Waals surface area contributed by atoms with Gasteiger partial charge >= 0.3 is 0 Å². The first-order chi connectivity index (χ1) is 11.6. The quantitative estimate of drug-likeness (QED) is 0.595. The highest BCUT2D eigenvalue weighted by Gasteiger charge is 2.05. The molecule has 24 heavy (non-hydrogen) atoms. The second-order valence-electron chi connectivity index (χ2n) is 4.72. The van der Waals surface area contributed by atoms with Crippen molar-refractivity contribution in [1.82, 2.24) is 10.7 Å². The van der Waals surface area contributed by atoms with E-state index in [1.165, 1.54) is 6.21 Å². The van der Waals surface area contributed by atoms with E-state index < -0.39 is 11.8 Å². The lowest BCUT2D eigenvalue weighted by atomic mass is 10.2. The second kappa shape index (κ2) is 9.32. The van der Waals surface area contributed by atoms with Gasteiger partial charge in [-0.15, -0.1) is 0 Å². The lowest BCUT2D eigenvalue weighted by molar-refractivity contribution is -0.127. The normalized spacial score (nSPS) is 10.4. The van der Waals surface area contributed by atoms with Crippen LogP contribution in [-0.2, 0) is 9.59 Å². The fourth-order valence-corrected chi connectivity index (χ4v) is 1.79. The number of amides is 2. The zero-order chi connectivity index (χ0) is 17.2. The summed E-state index contributed by atoms with van der Waals surface area (Å²) in [7, 11) is 0. The van der Waals surface area contributed by atoms with Crippen LogP contribution in [0.2, 0.25) is 5.02 Å². The molecule has 0 heterocycles. The molecule has 0 aliphatic rings. The standard InChI is InChI=1S/C17H16ClN3O3/c18-14-6-8-15(9-7-14)24-12-17(23)19-11-16(22)21-20-10-13-4-2-1-3-5-13/h1-10H,11-12H2,(H,19,23)(H,21,22). The van der Waals surface area contributed by atoms with Crippen LogP contribution in [0, 0.1) is 0 Å². The van der Waals surface area contributed by atoms with Crippen LogP contribution in [0.4, 0.5) is 0 Å². The Hall–Kier alpha value is -2.86. The van der Waals surface area contributed by atoms with Crippen molar-refractivity contribution in [1.29, 1.82) is 0 Å². The van der Waals surface area contributed by atoms with Crippen LogP contribution in [0.3, 0.4) is 0 Å². The minimum absolute atomic E-state index is 0.186. The lowest BCUT2D eigenvalue weighted by Crippen LogP contribution is -2.37. The topological polar surface area (TPSA) is 79.8 Å². The Morgan fingerprint density at radius 1 is 1.04 bits per heavy atom. The van der Waals surface area contributed by atoms with Gasteiger partial charge in [-0.2, -0.15) is 5.10 Å². The molecule has 7 heteroatoms. The average molecular weight is 346 g/mol. The van der Waals surface area contributed by atoms with Crippen molar-refractivity contribution < 1.29 is 14.3 Å². The third-order valence-electron chi connectivity index (χ3n) is 2.83. The van der Waals surface area contributed by atoms with E-state index in [2.05, 4.69) is 15.8 Å². The number of ether oxygens (including phenoxy) is 1. The van der Waals surface area contributed by atoms with E-state index in [4.69, 9.17) is 16.3 Å². The van der Waals surface area contributed by atoms with Crippen molar-refractivity contribution in [3.05, 3.63) is 65.2 Å². The molecule has 2 amide bonds. The maximum Gasteiger partial charge on any atom is 0.259 e. The molecule has 2 aromatic carbocycles. The molecule has 0 atom stereocenters. The predicted octanol–water partition coefficient (Wildman–Crippen LogP) is 1.99. The number of benzene rings is 2. The van der Waals surface area contributed by atoms with E-state index in [1.54, 1.807) is 24.3 Å². The number of hydrogen-bond acceptors (Lipinski definition) is 4. The van der Waals surface area contributed by atoms with Gasteiger partial charge in [0.05, 0.1) is 12.8 Å². The largest absolute Gasteiger partial charge is 0.484 e. The Bertz CT molecular complexity index is 703. The van der Waals surface area contributed by atoms with Crippen molar-refractivity contribution in [3.63, 3.8) is 0 Å². The maximum absolute atomic E-state index is 11.6. The van der Waals surface area contributed by atoms with Crippen LogP contribution in [-0.4, -0.2) is 31.2 Å². The molecule has 0 radical (unpaired) electrons. The van der Waals surface area contributed by atoms with E-state index >= 15 is 0 Å². The van der Waals surface area contributed by atoms with Gasteiger partial charge in [0.2, 0.25) is 0 Å². The molecule has 2 rings (SSSR count). The highest BCUT2D eigenvalue weighted by atomic mass is 35.5. The van der Waals surface area contributed by atoms with Crippen LogP contribution in [0.15, 0.2) is 59.7 Å². The highest BCUT2D eigenvalue weighted by Crippen LogP contribution is 2.15. The van der Waals surface area contributed by atoms with Gasteiger partial charge in [-0.25, -0.2) is 5.43 Å². The van der Waals surface area contributed by atoms with Crippen molar-refractivity contribution in [3.8, 4) is 5.75 Å². The van der Waals surface area contributed by atoms with Gasteiger partial charge in [0, 0.05) is 5.02 Å². The summed E-state index contributed by atoms with van der Waals surface area (Å²) >= 11 is 5.75. The van der Waals surface area contributed by atoms with Gasteiger partial charge in [-0.1, -0.05) is 41.9 Å². The summed E-state index contributed by atoms with van der Waals surface area (Å²) in [5, 5.41) is 6.82. The van der Waals surface area contributed by atoms with Crippen molar-refractivity contribution >= 4 is 29.6 Å².